The van der Waals surface area contributed by atoms with Crippen LogP contribution in [0.25, 0.3) is 0 Å². The molecule has 0 saturated carbocycles. The van der Waals surface area contributed by atoms with Gasteiger partial charge in [0.05, 0.1) is 5.56 Å². The fourth-order valence-electron chi connectivity index (χ4n) is 2.14. The molecule has 2 rings (SSSR count). The maximum Gasteiger partial charge on any atom is 0.252 e. The second-order valence-electron chi connectivity index (χ2n) is 5.34. The van der Waals surface area contributed by atoms with Crippen LogP contribution in [0.1, 0.15) is 22.3 Å². The van der Waals surface area contributed by atoms with E-state index in [-0.39, 0.29) is 5.91 Å². The van der Waals surface area contributed by atoms with Gasteiger partial charge in [-0.05, 0) is 42.7 Å². The number of nitrogens with one attached hydrogen (secondary N) is 2. The topological polar surface area (TPSA) is 63.2 Å². The van der Waals surface area contributed by atoms with Crippen molar-refractivity contribution in [3.8, 4) is 0 Å². The highest BCUT2D eigenvalue weighted by Crippen LogP contribution is 2.10. The molecular formula is C18H22ClN3O2. The summed E-state index contributed by atoms with van der Waals surface area (Å²) in [7, 11) is 1.68. The zero-order chi connectivity index (χ0) is 17.2. The number of hydrogen-bond acceptors (Lipinski definition) is 4. The Morgan fingerprint density at radius 1 is 1.17 bits per heavy atom. The minimum Gasteiger partial charge on any atom is -0.385 e. The molecule has 1 aromatic heterocycles. The Kier molecular flexibility index (Phi) is 7.52. The van der Waals surface area contributed by atoms with Gasteiger partial charge in [0.2, 0.25) is 0 Å². The molecule has 5 nitrogen and oxygen atoms in total. The van der Waals surface area contributed by atoms with Crippen LogP contribution in [0.4, 0.5) is 5.82 Å². The van der Waals surface area contributed by atoms with E-state index in [0.717, 1.165) is 30.8 Å². The molecule has 128 valence electrons. The third-order valence-corrected chi connectivity index (χ3v) is 3.72. The Bertz CT molecular complexity index is 630. The molecule has 0 aliphatic rings. The van der Waals surface area contributed by atoms with E-state index in [1.807, 2.05) is 24.3 Å². The van der Waals surface area contributed by atoms with Crippen molar-refractivity contribution < 1.29 is 9.53 Å². The van der Waals surface area contributed by atoms with Crippen molar-refractivity contribution in [2.45, 2.75) is 12.8 Å². The second-order valence-corrected chi connectivity index (χ2v) is 5.77. The first kappa shape index (κ1) is 18.2. The minimum atomic E-state index is -0.123. The van der Waals surface area contributed by atoms with E-state index >= 15 is 0 Å². The Balaban J connectivity index is 1.74. The molecule has 0 atom stereocenters. The highest BCUT2D eigenvalue weighted by Gasteiger charge is 2.05. The van der Waals surface area contributed by atoms with Gasteiger partial charge in [0.15, 0.2) is 0 Å². The number of hydrogen-bond donors (Lipinski definition) is 2. The van der Waals surface area contributed by atoms with Gasteiger partial charge in [-0.1, -0.05) is 23.7 Å². The standard InChI is InChI=1S/C18H22ClN3O2/c1-24-12-2-10-20-17-8-5-15(13-22-17)18(23)21-11-9-14-3-6-16(19)7-4-14/h3-8,13H,2,9-12H2,1H3,(H,20,22)(H,21,23). The fraction of sp³-hybridized carbons (Fsp3) is 0.333. The molecular weight excluding hydrogens is 326 g/mol. The maximum atomic E-state index is 12.1. The van der Waals surface area contributed by atoms with Gasteiger partial charge in [-0.3, -0.25) is 4.79 Å². The number of halogens is 1. The lowest BCUT2D eigenvalue weighted by Gasteiger charge is -2.07. The Morgan fingerprint density at radius 2 is 1.96 bits per heavy atom. The molecule has 0 aliphatic heterocycles. The summed E-state index contributed by atoms with van der Waals surface area (Å²) in [5.41, 5.74) is 1.68. The molecule has 6 heteroatoms. The van der Waals surface area contributed by atoms with Crippen LogP contribution in [0.5, 0.6) is 0 Å². The number of benzene rings is 1. The van der Waals surface area contributed by atoms with E-state index in [4.69, 9.17) is 16.3 Å². The minimum absolute atomic E-state index is 0.123. The number of carbonyl (C=O) groups excluding carboxylic acids is 1. The molecule has 0 radical (unpaired) electrons. The summed E-state index contributed by atoms with van der Waals surface area (Å²) in [6.07, 6.45) is 3.25. The lowest BCUT2D eigenvalue weighted by atomic mass is 10.1. The summed E-state index contributed by atoms with van der Waals surface area (Å²) in [4.78, 5) is 16.3. The molecule has 0 fully saturated rings. The maximum absolute atomic E-state index is 12.1. The highest BCUT2D eigenvalue weighted by molar-refractivity contribution is 6.30. The average Bonchev–Trinajstić information content (AvgIpc) is 2.61. The number of rotatable bonds is 9. The quantitative estimate of drug-likeness (QED) is 0.684. The summed E-state index contributed by atoms with van der Waals surface area (Å²) in [6, 6.07) is 11.2. The Morgan fingerprint density at radius 3 is 2.62 bits per heavy atom. The number of carbonyl (C=O) groups is 1. The van der Waals surface area contributed by atoms with Gasteiger partial charge in [0.1, 0.15) is 5.82 Å². The summed E-state index contributed by atoms with van der Waals surface area (Å²) in [6.45, 7) is 2.06. The van der Waals surface area contributed by atoms with Crippen LogP contribution in [0.2, 0.25) is 5.02 Å². The van der Waals surface area contributed by atoms with Crippen molar-refractivity contribution in [3.05, 3.63) is 58.7 Å². The number of methoxy groups -OCH3 is 1. The smallest absolute Gasteiger partial charge is 0.252 e. The van der Waals surface area contributed by atoms with Gasteiger partial charge in [-0.25, -0.2) is 4.98 Å². The molecule has 0 aliphatic carbocycles. The van der Waals surface area contributed by atoms with Crippen LogP contribution in [-0.4, -0.2) is 37.7 Å². The molecule has 1 aromatic carbocycles. The van der Waals surface area contributed by atoms with Crippen LogP contribution < -0.4 is 10.6 Å². The molecule has 2 N–H and O–H groups in total. The summed E-state index contributed by atoms with van der Waals surface area (Å²) < 4.78 is 4.99. The lowest BCUT2D eigenvalue weighted by Crippen LogP contribution is -2.25. The van der Waals surface area contributed by atoms with Gasteiger partial charge in [0.25, 0.3) is 5.91 Å². The van der Waals surface area contributed by atoms with Crippen molar-refractivity contribution in [3.63, 3.8) is 0 Å². The second kappa shape index (κ2) is 9.90. The molecule has 0 unspecified atom stereocenters. The molecule has 0 saturated heterocycles. The van der Waals surface area contributed by atoms with E-state index in [1.54, 1.807) is 25.4 Å². The number of pyridine rings is 1. The van der Waals surface area contributed by atoms with Crippen LogP contribution in [0, 0.1) is 0 Å². The summed E-state index contributed by atoms with van der Waals surface area (Å²) in [5, 5.41) is 6.79. The normalized spacial score (nSPS) is 10.4. The van der Waals surface area contributed by atoms with Gasteiger partial charge < -0.3 is 15.4 Å². The highest BCUT2D eigenvalue weighted by atomic mass is 35.5. The number of ether oxygens (including phenoxy) is 1. The number of nitrogens with zero attached hydrogens (tertiary/aromatic N) is 1. The predicted molar refractivity (Wildman–Crippen MR) is 96.7 cm³/mol. The predicted octanol–water partition coefficient (Wildman–Crippen LogP) is 3.16. The fourth-order valence-corrected chi connectivity index (χ4v) is 2.27. The summed E-state index contributed by atoms with van der Waals surface area (Å²) in [5.74, 6) is 0.631. The zero-order valence-corrected chi connectivity index (χ0v) is 14.5. The third kappa shape index (κ3) is 6.18. The van der Waals surface area contributed by atoms with Crippen molar-refractivity contribution in [2.75, 3.05) is 32.1 Å². The number of amides is 1. The third-order valence-electron chi connectivity index (χ3n) is 3.47. The number of anilines is 1. The van der Waals surface area contributed by atoms with Gasteiger partial charge in [-0.2, -0.15) is 0 Å². The lowest BCUT2D eigenvalue weighted by molar-refractivity contribution is 0.0954. The van der Waals surface area contributed by atoms with Gasteiger partial charge in [0, 0.05) is 38.0 Å². The molecule has 0 spiro atoms. The van der Waals surface area contributed by atoms with Crippen molar-refractivity contribution in [2.24, 2.45) is 0 Å². The van der Waals surface area contributed by atoms with E-state index in [1.165, 1.54) is 0 Å². The van der Waals surface area contributed by atoms with Crippen LogP contribution >= 0.6 is 11.6 Å². The largest absolute Gasteiger partial charge is 0.385 e. The van der Waals surface area contributed by atoms with E-state index in [0.29, 0.717) is 23.7 Å². The molecule has 0 bridgehead atoms. The van der Waals surface area contributed by atoms with E-state index in [9.17, 15) is 4.79 Å². The van der Waals surface area contributed by atoms with Crippen molar-refractivity contribution >= 4 is 23.3 Å². The van der Waals surface area contributed by atoms with E-state index in [2.05, 4.69) is 15.6 Å². The first-order valence-electron chi connectivity index (χ1n) is 7.90. The average molecular weight is 348 g/mol. The summed E-state index contributed by atoms with van der Waals surface area (Å²) >= 11 is 5.85. The first-order chi connectivity index (χ1) is 11.7. The van der Waals surface area contributed by atoms with Crippen LogP contribution in [0.15, 0.2) is 42.6 Å². The van der Waals surface area contributed by atoms with Crippen molar-refractivity contribution in [1.29, 1.82) is 0 Å². The molecule has 2 aromatic rings. The Labute approximate surface area is 147 Å². The monoisotopic (exact) mass is 347 g/mol. The van der Waals surface area contributed by atoms with Gasteiger partial charge in [-0.15, -0.1) is 0 Å². The number of aromatic nitrogens is 1. The molecule has 1 heterocycles. The SMILES string of the molecule is COCCCNc1ccc(C(=O)NCCc2ccc(Cl)cc2)cn1. The molecule has 1 amide bonds. The first-order valence-corrected chi connectivity index (χ1v) is 8.28. The zero-order valence-electron chi connectivity index (χ0n) is 13.7. The van der Waals surface area contributed by atoms with Crippen LogP contribution in [-0.2, 0) is 11.2 Å². The van der Waals surface area contributed by atoms with Gasteiger partial charge >= 0.3 is 0 Å². The Hall–Kier alpha value is -2.11. The van der Waals surface area contributed by atoms with Crippen molar-refractivity contribution in [1.82, 2.24) is 10.3 Å². The van der Waals surface area contributed by atoms with Crippen LogP contribution in [0.3, 0.4) is 0 Å². The molecule has 24 heavy (non-hydrogen) atoms. The van der Waals surface area contributed by atoms with E-state index < -0.39 is 0 Å².